The quantitative estimate of drug-likeness (QED) is 0.152. The predicted molar refractivity (Wildman–Crippen MR) is 146 cm³/mol. The maximum Gasteiger partial charge on any atom is 0.363 e. The summed E-state index contributed by atoms with van der Waals surface area (Å²) in [7, 11) is 0. The van der Waals surface area contributed by atoms with Crippen LogP contribution in [0.5, 0.6) is 11.5 Å². The van der Waals surface area contributed by atoms with Crippen molar-refractivity contribution in [2.45, 2.75) is 20.5 Å². The van der Waals surface area contributed by atoms with Crippen molar-refractivity contribution >= 4 is 68.1 Å². The summed E-state index contributed by atoms with van der Waals surface area (Å²) in [5, 5.41) is 0.672. The highest BCUT2D eigenvalue weighted by Crippen LogP contribution is 2.38. The van der Waals surface area contributed by atoms with Crippen molar-refractivity contribution in [1.29, 1.82) is 0 Å². The van der Waals surface area contributed by atoms with Crippen molar-refractivity contribution < 1.29 is 19.0 Å². The van der Waals surface area contributed by atoms with Crippen LogP contribution in [0.2, 0.25) is 5.02 Å². The molecule has 8 heteroatoms. The summed E-state index contributed by atoms with van der Waals surface area (Å²) in [5.41, 5.74) is 3.78. The number of carbonyl (C=O) groups excluding carboxylic acids is 1. The average Bonchev–Trinajstić information content (AvgIpc) is 3.16. The van der Waals surface area contributed by atoms with E-state index in [9.17, 15) is 4.79 Å². The molecule has 3 aromatic carbocycles. The minimum atomic E-state index is -0.497. The second kappa shape index (κ2) is 10.9. The van der Waals surface area contributed by atoms with Gasteiger partial charge < -0.3 is 14.2 Å². The lowest BCUT2D eigenvalue weighted by molar-refractivity contribution is -0.129. The Labute approximate surface area is 225 Å². The molecule has 0 aromatic heterocycles. The van der Waals surface area contributed by atoms with E-state index in [1.807, 2.05) is 68.4 Å². The van der Waals surface area contributed by atoms with Crippen LogP contribution in [0.3, 0.4) is 0 Å². The van der Waals surface area contributed by atoms with Crippen LogP contribution in [-0.2, 0) is 16.1 Å². The Bertz CT molecular complexity index is 1300. The molecule has 0 radical (unpaired) electrons. The van der Waals surface area contributed by atoms with Gasteiger partial charge in [-0.2, -0.15) is 0 Å². The molecule has 0 saturated heterocycles. The molecular weight excluding hydrogens is 633 g/mol. The van der Waals surface area contributed by atoms with Gasteiger partial charge in [-0.1, -0.05) is 23.7 Å². The number of halogens is 3. The van der Waals surface area contributed by atoms with Gasteiger partial charge >= 0.3 is 5.97 Å². The van der Waals surface area contributed by atoms with Gasteiger partial charge in [0.15, 0.2) is 17.2 Å². The van der Waals surface area contributed by atoms with Crippen LogP contribution >= 0.6 is 50.1 Å². The molecule has 0 saturated carbocycles. The smallest absolute Gasteiger partial charge is 0.363 e. The van der Waals surface area contributed by atoms with Crippen molar-refractivity contribution in [1.82, 2.24) is 0 Å². The number of rotatable bonds is 7. The van der Waals surface area contributed by atoms with E-state index in [0.717, 1.165) is 25.8 Å². The monoisotopic (exact) mass is 651 g/mol. The summed E-state index contributed by atoms with van der Waals surface area (Å²) in [6.07, 6.45) is 1.67. The van der Waals surface area contributed by atoms with Crippen LogP contribution in [-0.4, -0.2) is 18.5 Å². The fourth-order valence-corrected chi connectivity index (χ4v) is 4.31. The normalized spacial score (nSPS) is 14.2. The first-order chi connectivity index (χ1) is 16.3. The Hall–Kier alpha value is -2.36. The van der Waals surface area contributed by atoms with E-state index >= 15 is 0 Å². The summed E-state index contributed by atoms with van der Waals surface area (Å²) in [5.74, 6) is 0.930. The maximum atomic E-state index is 12.5. The molecule has 1 aliphatic rings. The number of benzene rings is 3. The second-order valence-corrected chi connectivity index (χ2v) is 9.93. The lowest BCUT2D eigenvalue weighted by atomic mass is 10.1. The van der Waals surface area contributed by atoms with Gasteiger partial charge in [0, 0.05) is 14.2 Å². The van der Waals surface area contributed by atoms with Crippen LogP contribution in [0.4, 0.5) is 0 Å². The molecule has 34 heavy (non-hydrogen) atoms. The van der Waals surface area contributed by atoms with E-state index < -0.39 is 5.97 Å². The molecule has 5 nitrogen and oxygen atoms in total. The first-order valence-corrected chi connectivity index (χ1v) is 12.7. The highest BCUT2D eigenvalue weighted by molar-refractivity contribution is 14.1. The minimum Gasteiger partial charge on any atom is -0.490 e. The first kappa shape index (κ1) is 24.8. The van der Waals surface area contributed by atoms with Crippen LogP contribution in [0.1, 0.15) is 29.2 Å². The van der Waals surface area contributed by atoms with E-state index in [0.29, 0.717) is 40.1 Å². The van der Waals surface area contributed by atoms with E-state index in [2.05, 4.69) is 43.5 Å². The van der Waals surface area contributed by atoms with Gasteiger partial charge in [0.2, 0.25) is 5.90 Å². The predicted octanol–water partition coefficient (Wildman–Crippen LogP) is 7.34. The molecule has 0 unspecified atom stereocenters. The van der Waals surface area contributed by atoms with E-state index in [1.54, 1.807) is 6.08 Å². The average molecular weight is 653 g/mol. The molecule has 1 aliphatic heterocycles. The van der Waals surface area contributed by atoms with Gasteiger partial charge in [0.25, 0.3) is 0 Å². The number of aryl methyl sites for hydroxylation is 1. The van der Waals surface area contributed by atoms with Gasteiger partial charge in [0.1, 0.15) is 6.61 Å². The lowest BCUT2D eigenvalue weighted by Crippen LogP contribution is -2.05. The largest absolute Gasteiger partial charge is 0.490 e. The Balaban J connectivity index is 1.61. The van der Waals surface area contributed by atoms with Gasteiger partial charge in [-0.15, -0.1) is 0 Å². The molecule has 4 rings (SSSR count). The number of hydrogen-bond donors (Lipinski definition) is 0. The topological polar surface area (TPSA) is 57.1 Å². The van der Waals surface area contributed by atoms with Crippen LogP contribution in [0, 0.1) is 10.5 Å². The van der Waals surface area contributed by atoms with E-state index in [1.165, 1.54) is 0 Å². The van der Waals surface area contributed by atoms with Crippen LogP contribution < -0.4 is 9.47 Å². The van der Waals surface area contributed by atoms with Crippen molar-refractivity contribution in [3.8, 4) is 11.5 Å². The molecular formula is C26H20BrClINO4. The van der Waals surface area contributed by atoms with Crippen LogP contribution in [0.25, 0.3) is 6.08 Å². The number of nitrogens with zero attached hydrogens (tertiary/aromatic N) is 1. The van der Waals surface area contributed by atoms with Crippen molar-refractivity contribution in [2.75, 3.05) is 6.61 Å². The fraction of sp³-hybridized carbons (Fsp3) is 0.154. The third-order valence-corrected chi connectivity index (χ3v) is 7.01. The Morgan fingerprint density at radius 3 is 2.59 bits per heavy atom. The fourth-order valence-electron chi connectivity index (χ4n) is 3.28. The summed E-state index contributed by atoms with van der Waals surface area (Å²) in [6, 6.07) is 16.9. The maximum absolute atomic E-state index is 12.5. The summed E-state index contributed by atoms with van der Waals surface area (Å²) in [6.45, 7) is 4.71. The molecule has 0 bridgehead atoms. The molecule has 3 aromatic rings. The summed E-state index contributed by atoms with van der Waals surface area (Å²) >= 11 is 11.8. The van der Waals surface area contributed by atoms with Gasteiger partial charge in [-0.25, -0.2) is 9.79 Å². The number of aliphatic imine (C=N–C) groups is 1. The molecule has 0 atom stereocenters. The number of carbonyl (C=O) groups is 1. The Kier molecular flexibility index (Phi) is 7.95. The van der Waals surface area contributed by atoms with E-state index in [4.69, 9.17) is 25.8 Å². The summed E-state index contributed by atoms with van der Waals surface area (Å²) < 4.78 is 19.1. The van der Waals surface area contributed by atoms with Crippen molar-refractivity contribution in [3.63, 3.8) is 0 Å². The SMILES string of the molecule is CCOc1cc(/C=C2\N=C(c3ccc(I)c(C)c3)OC2=O)cc(Br)c1OCc1ccc(Cl)cc1. The Morgan fingerprint density at radius 1 is 1.12 bits per heavy atom. The minimum absolute atomic E-state index is 0.218. The third kappa shape index (κ3) is 5.82. The number of cyclic esters (lactones) is 1. The van der Waals surface area contributed by atoms with E-state index in [-0.39, 0.29) is 5.70 Å². The highest BCUT2D eigenvalue weighted by Gasteiger charge is 2.25. The third-order valence-electron chi connectivity index (χ3n) is 4.96. The molecule has 0 amide bonds. The van der Waals surface area contributed by atoms with Gasteiger partial charge in [-0.05, 0) is 118 Å². The molecule has 1 heterocycles. The highest BCUT2D eigenvalue weighted by atomic mass is 127. The van der Waals surface area contributed by atoms with Crippen LogP contribution in [0.15, 0.2) is 69.8 Å². The first-order valence-electron chi connectivity index (χ1n) is 10.5. The lowest BCUT2D eigenvalue weighted by Gasteiger charge is -2.15. The second-order valence-electron chi connectivity index (χ2n) is 7.48. The van der Waals surface area contributed by atoms with Crippen molar-refractivity contribution in [2.24, 2.45) is 4.99 Å². The molecule has 174 valence electrons. The zero-order valence-corrected chi connectivity index (χ0v) is 22.9. The zero-order chi connectivity index (χ0) is 24.2. The summed E-state index contributed by atoms with van der Waals surface area (Å²) in [4.78, 5) is 16.9. The van der Waals surface area contributed by atoms with Gasteiger partial charge in [-0.3, -0.25) is 0 Å². The molecule has 0 aliphatic carbocycles. The molecule has 0 N–H and O–H groups in total. The zero-order valence-electron chi connectivity index (χ0n) is 18.4. The Morgan fingerprint density at radius 2 is 1.88 bits per heavy atom. The number of esters is 1. The van der Waals surface area contributed by atoms with Crippen molar-refractivity contribution in [3.05, 3.63) is 95.6 Å². The molecule has 0 fully saturated rings. The standard InChI is InChI=1S/C26H20BrClINO4/c1-3-32-23-13-17(11-20(27)24(23)33-14-16-4-7-19(28)8-5-16)12-22-26(31)34-25(30-22)18-6-9-21(29)15(2)10-18/h4-13H,3,14H2,1-2H3/b22-12-. The molecule has 0 spiro atoms. The number of ether oxygens (including phenoxy) is 3. The number of hydrogen-bond acceptors (Lipinski definition) is 5. The van der Waals surface area contributed by atoms with Gasteiger partial charge in [0.05, 0.1) is 11.1 Å².